The van der Waals surface area contributed by atoms with E-state index < -0.39 is 0 Å². The van der Waals surface area contributed by atoms with Crippen molar-refractivity contribution in [2.75, 3.05) is 6.54 Å². The van der Waals surface area contributed by atoms with Crippen LogP contribution in [0.2, 0.25) is 0 Å². The zero-order valence-electron chi connectivity index (χ0n) is 11.3. The zero-order valence-corrected chi connectivity index (χ0v) is 11.3. The van der Waals surface area contributed by atoms with Gasteiger partial charge in [0.05, 0.1) is 0 Å². The van der Waals surface area contributed by atoms with Crippen LogP contribution in [-0.2, 0) is 0 Å². The van der Waals surface area contributed by atoms with Gasteiger partial charge in [0.1, 0.15) is 5.69 Å². The molecule has 0 spiro atoms. The molecule has 1 fully saturated rings. The van der Waals surface area contributed by atoms with E-state index in [1.54, 1.807) is 0 Å². The van der Waals surface area contributed by atoms with Crippen LogP contribution >= 0.6 is 0 Å². The van der Waals surface area contributed by atoms with Crippen LogP contribution in [0.3, 0.4) is 0 Å². The van der Waals surface area contributed by atoms with Crippen molar-refractivity contribution in [1.82, 2.24) is 9.88 Å². The maximum Gasteiger partial charge on any atom is 0.267 e. The van der Waals surface area contributed by atoms with Crippen LogP contribution in [0.1, 0.15) is 41.0 Å². The molecule has 0 saturated heterocycles. The van der Waals surface area contributed by atoms with E-state index in [9.17, 15) is 4.79 Å². The molecule has 0 bridgehead atoms. The smallest absolute Gasteiger partial charge is 0.267 e. The van der Waals surface area contributed by atoms with E-state index >= 15 is 0 Å². The third-order valence-electron chi connectivity index (χ3n) is 3.66. The number of nitrogens with two attached hydrogens (primary N) is 1. The molecule has 1 aromatic heterocycles. The molecule has 2 aromatic rings. The van der Waals surface area contributed by atoms with Crippen molar-refractivity contribution in [3.05, 3.63) is 59.9 Å². The Hall–Kier alpha value is -2.07. The molecule has 0 aliphatic heterocycles. The third kappa shape index (κ3) is 2.75. The topological polar surface area (TPSA) is 60.0 Å². The highest BCUT2D eigenvalue weighted by Gasteiger charge is 2.26. The van der Waals surface area contributed by atoms with Gasteiger partial charge in [0.25, 0.3) is 5.91 Å². The van der Waals surface area contributed by atoms with Crippen molar-refractivity contribution in [1.29, 1.82) is 0 Å². The van der Waals surface area contributed by atoms with E-state index in [0.29, 0.717) is 12.6 Å². The number of benzene rings is 1. The number of nitrogens with zero attached hydrogens (tertiary/aromatic N) is 1. The van der Waals surface area contributed by atoms with Gasteiger partial charge in [-0.1, -0.05) is 30.3 Å². The van der Waals surface area contributed by atoms with E-state index in [-0.39, 0.29) is 11.9 Å². The predicted molar refractivity (Wildman–Crippen MR) is 78.4 cm³/mol. The number of hydrogen-bond donors (Lipinski definition) is 2. The molecule has 1 aromatic carbocycles. The molecule has 1 aliphatic rings. The van der Waals surface area contributed by atoms with Gasteiger partial charge >= 0.3 is 0 Å². The maximum atomic E-state index is 12.2. The summed E-state index contributed by atoms with van der Waals surface area (Å²) >= 11 is 0. The summed E-state index contributed by atoms with van der Waals surface area (Å²) in [6.45, 7) is 0.443. The summed E-state index contributed by atoms with van der Waals surface area (Å²) in [5.74, 6) is -0.0479. The maximum absolute atomic E-state index is 12.2. The van der Waals surface area contributed by atoms with Gasteiger partial charge in [-0.25, -0.2) is 0 Å². The van der Waals surface area contributed by atoms with Gasteiger partial charge in [0.15, 0.2) is 0 Å². The van der Waals surface area contributed by atoms with Crippen LogP contribution in [0.4, 0.5) is 0 Å². The Bertz CT molecular complexity index is 587. The Labute approximate surface area is 118 Å². The summed E-state index contributed by atoms with van der Waals surface area (Å²) in [5, 5.41) is 2.92. The highest BCUT2D eigenvalue weighted by molar-refractivity contribution is 5.92. The highest BCUT2D eigenvalue weighted by atomic mass is 16.1. The number of hydrogen-bond acceptors (Lipinski definition) is 2. The van der Waals surface area contributed by atoms with Gasteiger partial charge in [0.2, 0.25) is 0 Å². The average Bonchev–Trinajstić information content (AvgIpc) is 3.22. The van der Waals surface area contributed by atoms with Gasteiger partial charge in [-0.05, 0) is 30.5 Å². The predicted octanol–water partition coefficient (Wildman–Crippen LogP) is 2.25. The molecule has 1 heterocycles. The lowest BCUT2D eigenvalue weighted by molar-refractivity contribution is 0.0941. The lowest BCUT2D eigenvalue weighted by atomic mass is 10.1. The molecule has 4 nitrogen and oxygen atoms in total. The Morgan fingerprint density at radius 3 is 2.70 bits per heavy atom. The molecule has 0 radical (unpaired) electrons. The summed E-state index contributed by atoms with van der Waals surface area (Å²) in [4.78, 5) is 12.2. The van der Waals surface area contributed by atoms with Crippen LogP contribution < -0.4 is 11.1 Å². The fraction of sp³-hybridized carbons (Fsp3) is 0.312. The molecular formula is C16H19N3O. The van der Waals surface area contributed by atoms with E-state index in [2.05, 4.69) is 9.88 Å². The molecule has 4 heteroatoms. The number of amides is 1. The first-order chi connectivity index (χ1) is 9.75. The monoisotopic (exact) mass is 269 g/mol. The fourth-order valence-electron chi connectivity index (χ4n) is 2.37. The molecule has 1 unspecified atom stereocenters. The number of nitrogens with one attached hydrogen (secondary N) is 1. The fourth-order valence-corrected chi connectivity index (χ4v) is 2.37. The largest absolute Gasteiger partial charge is 0.349 e. The summed E-state index contributed by atoms with van der Waals surface area (Å²) in [6, 6.07) is 13.9. The van der Waals surface area contributed by atoms with E-state index in [0.717, 1.165) is 11.3 Å². The van der Waals surface area contributed by atoms with Crippen LogP contribution in [-0.4, -0.2) is 17.0 Å². The van der Waals surface area contributed by atoms with Crippen molar-refractivity contribution >= 4 is 5.91 Å². The first-order valence-corrected chi connectivity index (χ1v) is 7.01. The van der Waals surface area contributed by atoms with E-state index in [4.69, 9.17) is 5.73 Å². The van der Waals surface area contributed by atoms with Crippen molar-refractivity contribution in [3.8, 4) is 0 Å². The number of carbonyl (C=O) groups is 1. The number of aromatic nitrogens is 1. The molecule has 1 amide bonds. The third-order valence-corrected chi connectivity index (χ3v) is 3.66. The summed E-state index contributed by atoms with van der Waals surface area (Å²) < 4.78 is 2.06. The quantitative estimate of drug-likeness (QED) is 0.874. The molecule has 3 N–H and O–H groups in total. The molecule has 104 valence electrons. The molecule has 20 heavy (non-hydrogen) atoms. The first-order valence-electron chi connectivity index (χ1n) is 7.01. The van der Waals surface area contributed by atoms with Gasteiger partial charge in [-0.2, -0.15) is 0 Å². The van der Waals surface area contributed by atoms with Gasteiger partial charge in [0, 0.05) is 24.8 Å². The highest BCUT2D eigenvalue weighted by Crippen LogP contribution is 2.35. The Kier molecular flexibility index (Phi) is 3.56. The minimum Gasteiger partial charge on any atom is -0.349 e. The second kappa shape index (κ2) is 5.51. The van der Waals surface area contributed by atoms with Crippen molar-refractivity contribution in [2.45, 2.75) is 24.9 Å². The van der Waals surface area contributed by atoms with Gasteiger partial charge in [-0.3, -0.25) is 4.79 Å². The number of rotatable bonds is 5. The lowest BCUT2D eigenvalue weighted by Crippen LogP contribution is -2.33. The number of carbonyl (C=O) groups excluding carboxylic acids is 1. The first kappa shape index (κ1) is 12.9. The zero-order chi connectivity index (χ0) is 13.9. The Morgan fingerprint density at radius 1 is 1.25 bits per heavy atom. The second-order valence-electron chi connectivity index (χ2n) is 5.26. The standard InChI is InChI=1S/C16H19N3O/c17-14(12-5-2-1-3-6-12)11-18-16(20)15-7-4-10-19(15)13-8-9-13/h1-7,10,13-14H,8-9,11,17H2,(H,18,20). The van der Waals surface area contributed by atoms with Crippen molar-refractivity contribution in [2.24, 2.45) is 5.73 Å². The summed E-state index contributed by atoms with van der Waals surface area (Å²) in [6.07, 6.45) is 4.31. The van der Waals surface area contributed by atoms with Crippen LogP contribution in [0.5, 0.6) is 0 Å². The van der Waals surface area contributed by atoms with E-state index in [1.807, 2.05) is 48.7 Å². The Morgan fingerprint density at radius 2 is 2.00 bits per heavy atom. The molecule has 3 rings (SSSR count). The molecule has 1 atom stereocenters. The molecular weight excluding hydrogens is 250 g/mol. The average molecular weight is 269 g/mol. The molecule has 1 saturated carbocycles. The minimum absolute atomic E-state index is 0.0479. The SMILES string of the molecule is NC(CNC(=O)c1cccn1C1CC1)c1ccccc1. The van der Waals surface area contributed by atoms with Crippen molar-refractivity contribution < 1.29 is 4.79 Å². The second-order valence-corrected chi connectivity index (χ2v) is 5.26. The molecule has 1 aliphatic carbocycles. The lowest BCUT2D eigenvalue weighted by Gasteiger charge is -2.14. The normalized spacial score (nSPS) is 15.8. The summed E-state index contributed by atoms with van der Waals surface area (Å²) in [5.41, 5.74) is 7.85. The van der Waals surface area contributed by atoms with Crippen LogP contribution in [0, 0.1) is 0 Å². The van der Waals surface area contributed by atoms with Gasteiger partial charge < -0.3 is 15.6 Å². The van der Waals surface area contributed by atoms with Gasteiger partial charge in [-0.15, -0.1) is 0 Å². The Balaban J connectivity index is 1.60. The summed E-state index contributed by atoms with van der Waals surface area (Å²) in [7, 11) is 0. The minimum atomic E-state index is -0.176. The van der Waals surface area contributed by atoms with Crippen LogP contribution in [0.25, 0.3) is 0 Å². The van der Waals surface area contributed by atoms with Crippen molar-refractivity contribution in [3.63, 3.8) is 0 Å². The van der Waals surface area contributed by atoms with Crippen LogP contribution in [0.15, 0.2) is 48.7 Å². The van der Waals surface area contributed by atoms with E-state index in [1.165, 1.54) is 12.8 Å².